The SMILES string of the molecule is C[Si](C)(C)c1ccc(C(=O)c2ccccc2C(=O)O)cc1. The van der Waals surface area contributed by atoms with Crippen molar-refractivity contribution in [2.45, 2.75) is 19.6 Å². The topological polar surface area (TPSA) is 54.4 Å². The van der Waals surface area contributed by atoms with Crippen LogP contribution >= 0.6 is 0 Å². The molecule has 0 aliphatic heterocycles. The van der Waals surface area contributed by atoms with Gasteiger partial charge < -0.3 is 5.11 Å². The van der Waals surface area contributed by atoms with E-state index in [1.54, 1.807) is 30.3 Å². The molecule has 0 bridgehead atoms. The van der Waals surface area contributed by atoms with Crippen molar-refractivity contribution in [2.75, 3.05) is 0 Å². The molecule has 4 heteroatoms. The monoisotopic (exact) mass is 298 g/mol. The fourth-order valence-corrected chi connectivity index (χ4v) is 3.31. The van der Waals surface area contributed by atoms with E-state index in [2.05, 4.69) is 19.6 Å². The summed E-state index contributed by atoms with van der Waals surface area (Å²) in [7, 11) is -1.40. The van der Waals surface area contributed by atoms with E-state index in [1.807, 2.05) is 12.1 Å². The number of carboxylic acids is 1. The van der Waals surface area contributed by atoms with E-state index in [9.17, 15) is 9.59 Å². The first kappa shape index (κ1) is 15.2. The van der Waals surface area contributed by atoms with Gasteiger partial charge in [-0.2, -0.15) is 0 Å². The lowest BCUT2D eigenvalue weighted by Gasteiger charge is -2.16. The Bertz CT molecular complexity index is 682. The van der Waals surface area contributed by atoms with E-state index in [1.165, 1.54) is 11.3 Å². The van der Waals surface area contributed by atoms with Gasteiger partial charge in [0.25, 0.3) is 0 Å². The largest absolute Gasteiger partial charge is 0.478 e. The van der Waals surface area contributed by atoms with Crippen molar-refractivity contribution in [3.8, 4) is 0 Å². The van der Waals surface area contributed by atoms with Gasteiger partial charge in [0, 0.05) is 11.1 Å². The lowest BCUT2D eigenvalue weighted by Crippen LogP contribution is -2.37. The molecule has 21 heavy (non-hydrogen) atoms. The first-order chi connectivity index (χ1) is 9.80. The number of aromatic carboxylic acids is 1. The molecule has 0 atom stereocenters. The summed E-state index contributed by atoms with van der Waals surface area (Å²) >= 11 is 0. The van der Waals surface area contributed by atoms with Crippen LogP contribution in [-0.4, -0.2) is 24.9 Å². The van der Waals surface area contributed by atoms with Crippen LogP contribution in [0, 0.1) is 0 Å². The highest BCUT2D eigenvalue weighted by molar-refractivity contribution is 6.88. The number of hydrogen-bond donors (Lipinski definition) is 1. The molecule has 0 amide bonds. The van der Waals surface area contributed by atoms with E-state index >= 15 is 0 Å². The lowest BCUT2D eigenvalue weighted by molar-refractivity contribution is 0.0693. The second-order valence-corrected chi connectivity index (χ2v) is 11.1. The predicted molar refractivity (Wildman–Crippen MR) is 86.3 cm³/mol. The molecule has 0 unspecified atom stereocenters. The highest BCUT2D eigenvalue weighted by Gasteiger charge is 2.19. The predicted octanol–water partition coefficient (Wildman–Crippen LogP) is 3.16. The molecule has 0 radical (unpaired) electrons. The standard InChI is InChI=1S/C17H18O3Si/c1-21(2,3)13-10-8-12(9-11-13)16(18)14-6-4-5-7-15(14)17(19)20/h4-11H,1-3H3,(H,19,20). The maximum absolute atomic E-state index is 12.5. The van der Waals surface area contributed by atoms with Crippen molar-refractivity contribution < 1.29 is 14.7 Å². The van der Waals surface area contributed by atoms with Gasteiger partial charge in [-0.15, -0.1) is 0 Å². The van der Waals surface area contributed by atoms with Crippen LogP contribution in [0.2, 0.25) is 19.6 Å². The molecule has 0 aliphatic rings. The Kier molecular flexibility index (Phi) is 4.09. The fraction of sp³-hybridized carbons (Fsp3) is 0.176. The van der Waals surface area contributed by atoms with Crippen LogP contribution in [0.25, 0.3) is 0 Å². The Balaban J connectivity index is 2.40. The molecule has 0 fully saturated rings. The summed E-state index contributed by atoms with van der Waals surface area (Å²) in [5.74, 6) is -1.34. The summed E-state index contributed by atoms with van der Waals surface area (Å²) in [5, 5.41) is 10.4. The maximum Gasteiger partial charge on any atom is 0.336 e. The number of benzene rings is 2. The normalized spacial score (nSPS) is 11.2. The smallest absolute Gasteiger partial charge is 0.336 e. The average Bonchev–Trinajstić information content (AvgIpc) is 2.45. The molecule has 0 heterocycles. The molecule has 2 aromatic rings. The molecule has 0 aliphatic carbocycles. The Morgan fingerprint density at radius 2 is 1.38 bits per heavy atom. The number of carboxylic acid groups (broad SMARTS) is 1. The zero-order valence-electron chi connectivity index (χ0n) is 12.4. The highest BCUT2D eigenvalue weighted by atomic mass is 28.3. The molecule has 0 spiro atoms. The van der Waals surface area contributed by atoms with Gasteiger partial charge in [0.05, 0.1) is 13.6 Å². The van der Waals surface area contributed by atoms with E-state index in [0.29, 0.717) is 5.56 Å². The van der Waals surface area contributed by atoms with E-state index in [0.717, 1.165) is 0 Å². The molecule has 1 N–H and O–H groups in total. The number of carbonyl (C=O) groups excluding carboxylic acids is 1. The quantitative estimate of drug-likeness (QED) is 0.697. The van der Waals surface area contributed by atoms with Crippen molar-refractivity contribution >= 4 is 25.0 Å². The molecule has 0 saturated heterocycles. The van der Waals surface area contributed by atoms with Crippen molar-refractivity contribution in [2.24, 2.45) is 0 Å². The van der Waals surface area contributed by atoms with Crippen LogP contribution in [0.5, 0.6) is 0 Å². The van der Waals surface area contributed by atoms with Crippen molar-refractivity contribution in [3.63, 3.8) is 0 Å². The minimum atomic E-state index is -1.40. The van der Waals surface area contributed by atoms with Gasteiger partial charge in [0.2, 0.25) is 0 Å². The third-order valence-corrected chi connectivity index (χ3v) is 5.48. The molecule has 0 saturated carbocycles. The Hall–Kier alpha value is -2.20. The van der Waals surface area contributed by atoms with Gasteiger partial charge in [-0.3, -0.25) is 4.79 Å². The summed E-state index contributed by atoms with van der Waals surface area (Å²) in [5.41, 5.74) is 0.785. The van der Waals surface area contributed by atoms with E-state index in [-0.39, 0.29) is 16.9 Å². The summed E-state index contributed by atoms with van der Waals surface area (Å²) in [6.45, 7) is 6.72. The first-order valence-corrected chi connectivity index (χ1v) is 10.3. The van der Waals surface area contributed by atoms with Gasteiger partial charge in [-0.25, -0.2) is 4.79 Å². The molecule has 0 aromatic heterocycles. The molecular formula is C17H18O3Si. The number of ketones is 1. The van der Waals surface area contributed by atoms with Crippen molar-refractivity contribution in [1.82, 2.24) is 0 Å². The van der Waals surface area contributed by atoms with E-state index < -0.39 is 14.0 Å². The van der Waals surface area contributed by atoms with Gasteiger partial charge >= 0.3 is 5.97 Å². The van der Waals surface area contributed by atoms with Crippen LogP contribution < -0.4 is 5.19 Å². The third-order valence-electron chi connectivity index (χ3n) is 3.42. The molecule has 2 aromatic carbocycles. The van der Waals surface area contributed by atoms with Crippen LogP contribution in [0.1, 0.15) is 26.3 Å². The summed E-state index contributed by atoms with van der Waals surface area (Å²) in [6.07, 6.45) is 0. The average molecular weight is 298 g/mol. The summed E-state index contributed by atoms with van der Waals surface area (Å²) in [4.78, 5) is 23.7. The molecular weight excluding hydrogens is 280 g/mol. The maximum atomic E-state index is 12.5. The zero-order valence-corrected chi connectivity index (χ0v) is 13.4. The number of carbonyl (C=O) groups is 2. The Morgan fingerprint density at radius 1 is 0.857 bits per heavy atom. The van der Waals surface area contributed by atoms with Gasteiger partial charge in [-0.1, -0.05) is 67.3 Å². The Morgan fingerprint density at radius 3 is 1.86 bits per heavy atom. The first-order valence-electron chi connectivity index (χ1n) is 6.78. The second-order valence-electron chi connectivity index (χ2n) is 6.01. The van der Waals surface area contributed by atoms with Crippen LogP contribution in [0.15, 0.2) is 48.5 Å². The van der Waals surface area contributed by atoms with Gasteiger partial charge in [-0.05, 0) is 6.07 Å². The zero-order chi connectivity index (χ0) is 15.6. The van der Waals surface area contributed by atoms with Gasteiger partial charge in [0.1, 0.15) is 0 Å². The van der Waals surface area contributed by atoms with Crippen molar-refractivity contribution in [1.29, 1.82) is 0 Å². The van der Waals surface area contributed by atoms with Crippen LogP contribution in [0.4, 0.5) is 0 Å². The minimum Gasteiger partial charge on any atom is -0.478 e. The number of hydrogen-bond acceptors (Lipinski definition) is 2. The minimum absolute atomic E-state index is 0.0387. The summed E-state index contributed by atoms with van der Waals surface area (Å²) < 4.78 is 0. The molecule has 3 nitrogen and oxygen atoms in total. The van der Waals surface area contributed by atoms with Crippen molar-refractivity contribution in [3.05, 3.63) is 65.2 Å². The van der Waals surface area contributed by atoms with Gasteiger partial charge in [0.15, 0.2) is 5.78 Å². The lowest BCUT2D eigenvalue weighted by atomic mass is 9.98. The van der Waals surface area contributed by atoms with Crippen LogP contribution in [-0.2, 0) is 0 Å². The Labute approximate surface area is 125 Å². The summed E-state index contributed by atoms with van der Waals surface area (Å²) in [6, 6.07) is 13.8. The fourth-order valence-electron chi connectivity index (χ4n) is 2.14. The van der Waals surface area contributed by atoms with E-state index in [4.69, 9.17) is 5.11 Å². The second kappa shape index (κ2) is 5.66. The van der Waals surface area contributed by atoms with Crippen LogP contribution in [0.3, 0.4) is 0 Å². The number of rotatable bonds is 4. The highest BCUT2D eigenvalue weighted by Crippen LogP contribution is 2.15. The molecule has 108 valence electrons. The molecule has 2 rings (SSSR count). The third kappa shape index (κ3) is 3.28.